The second-order valence-electron chi connectivity index (χ2n) is 23.9. The average Bonchev–Trinajstić information content (AvgIpc) is 1.64. The fraction of sp³-hybridized carbons (Fsp3) is 0.730. The number of esters is 3. The van der Waals surface area contributed by atoms with Crippen LogP contribution in [0, 0.1) is 5.92 Å². The number of hydrogen-bond acceptors (Lipinski definition) is 10. The number of carbonyl (C=O) groups excluding carboxylic acids is 6. The number of Topliss-reactive ketones (excluding diaryl/α,β-unsaturated/α-hetero) is 1. The standard InChI is InChI=1S/C48H71BrN2O7.C19H36O.C5H11NO.C2H6/c1-5-7-8-9-10-11-12-13-14-15-16-17-18-19-20-29-44(53)57-35-37(6-2)58-46(55)33-36(3)32-45(54)56-31-22-21-28-43(52)51-41-27-23-25-39-38-26-24-30-50(4)42(38)34-40(47(39)41)48(51)49;1-3-4-5-6-7-8-9-10-11-12-13-14-15-16-17-18-19(2)20;1-3-6(4-2)5-7;1-2/h13-14,23,25-27,36-37,42H,5-12,15-22,24,28-35H2,1-4H3;10-11H,3-9,12-18H2,1-2H3;5H,3-4H2,1-2H3;1-2H3/b14-13-;11-10-;;. The molecule has 0 bridgehead atoms. The van der Waals surface area contributed by atoms with Gasteiger partial charge in [-0.15, -0.1) is 0 Å². The fourth-order valence-corrected chi connectivity index (χ4v) is 11.8. The van der Waals surface area contributed by atoms with Crippen LogP contribution in [0.3, 0.4) is 0 Å². The maximum atomic E-state index is 13.5. The SMILES string of the molecule is CC.CCCCCCCC/C=C\CCCCCCCC(=O)OCC(CC)OC(=O)CC(C)CC(=O)OCCCCC(=O)n1c(Br)c2c3c(cccc31)C1=CCCN(C)C1C2.CCCCCCCC/C=C\CCCCCCCC(C)=O.CCN(C=O)CC. The van der Waals surface area contributed by atoms with Crippen LogP contribution in [-0.4, -0.2) is 102 Å². The second-order valence-corrected chi connectivity index (χ2v) is 24.7. The number of nitrogens with zero attached hydrogens (tertiary/aromatic N) is 3. The van der Waals surface area contributed by atoms with E-state index in [4.69, 9.17) is 14.2 Å². The van der Waals surface area contributed by atoms with Crippen LogP contribution < -0.4 is 0 Å². The van der Waals surface area contributed by atoms with E-state index >= 15 is 0 Å². The largest absolute Gasteiger partial charge is 0.466 e. The molecule has 1 amide bonds. The summed E-state index contributed by atoms with van der Waals surface area (Å²) in [5.74, 6) is -0.963. The van der Waals surface area contributed by atoms with Gasteiger partial charge >= 0.3 is 17.9 Å². The van der Waals surface area contributed by atoms with Crippen molar-refractivity contribution in [2.45, 2.75) is 306 Å². The van der Waals surface area contributed by atoms with E-state index in [2.05, 4.69) is 78.2 Å². The zero-order valence-electron chi connectivity index (χ0n) is 56.8. The summed E-state index contributed by atoms with van der Waals surface area (Å²) in [4.78, 5) is 75.7. The van der Waals surface area contributed by atoms with Crippen LogP contribution in [0.4, 0.5) is 0 Å². The summed E-state index contributed by atoms with van der Waals surface area (Å²) in [5, 5.41) is 1.17. The molecule has 1 aromatic heterocycles. The molecule has 0 N–H and O–H groups in total. The highest BCUT2D eigenvalue weighted by molar-refractivity contribution is 9.10. The monoisotopic (exact) mass is 1280 g/mol. The Morgan fingerprint density at radius 3 is 1.66 bits per heavy atom. The zero-order valence-corrected chi connectivity index (χ0v) is 58.4. The molecule has 1 aromatic carbocycles. The predicted molar refractivity (Wildman–Crippen MR) is 367 cm³/mol. The van der Waals surface area contributed by atoms with Crippen LogP contribution in [0.15, 0.2) is 53.2 Å². The fourth-order valence-electron chi connectivity index (χ4n) is 11.0. The Morgan fingerprint density at radius 1 is 0.644 bits per heavy atom. The summed E-state index contributed by atoms with van der Waals surface area (Å²) in [6.07, 6.45) is 50.1. The lowest BCUT2D eigenvalue weighted by Gasteiger charge is -2.37. The maximum Gasteiger partial charge on any atom is 0.306 e. The quantitative estimate of drug-likeness (QED) is 0.0207. The molecule has 1 aliphatic carbocycles. The summed E-state index contributed by atoms with van der Waals surface area (Å²) in [5.41, 5.74) is 4.71. The van der Waals surface area contributed by atoms with Crippen molar-refractivity contribution in [1.82, 2.24) is 14.4 Å². The number of unbranched alkanes of at least 4 members (excludes halogenated alkanes) is 23. The molecule has 0 saturated carbocycles. The van der Waals surface area contributed by atoms with Crippen molar-refractivity contribution in [3.05, 3.63) is 64.3 Å². The first-order valence-corrected chi connectivity index (χ1v) is 35.8. The van der Waals surface area contributed by atoms with Gasteiger partial charge in [-0.3, -0.25) is 33.4 Å². The van der Waals surface area contributed by atoms with Crippen molar-refractivity contribution in [3.63, 3.8) is 0 Å². The molecule has 12 nitrogen and oxygen atoms in total. The van der Waals surface area contributed by atoms with Crippen molar-refractivity contribution in [2.75, 3.05) is 39.9 Å². The number of aromatic nitrogens is 1. The number of likely N-dealkylation sites (N-methyl/N-ethyl adjacent to an activating group) is 1. The highest BCUT2D eigenvalue weighted by Gasteiger charge is 2.34. The minimum absolute atomic E-state index is 0.0181. The van der Waals surface area contributed by atoms with E-state index in [0.717, 1.165) is 87.5 Å². The molecule has 0 spiro atoms. The Morgan fingerprint density at radius 2 is 1.15 bits per heavy atom. The number of ketones is 1. The third-order valence-electron chi connectivity index (χ3n) is 16.4. The van der Waals surface area contributed by atoms with Gasteiger partial charge in [0.15, 0.2) is 0 Å². The maximum absolute atomic E-state index is 13.5. The van der Waals surface area contributed by atoms with E-state index in [-0.39, 0.29) is 49.8 Å². The number of fused-ring (bicyclic) bond motifs is 2. The Bertz CT molecular complexity index is 2250. The van der Waals surface area contributed by atoms with Gasteiger partial charge in [-0.25, -0.2) is 0 Å². The van der Waals surface area contributed by atoms with E-state index < -0.39 is 12.1 Å². The van der Waals surface area contributed by atoms with Crippen LogP contribution in [0.1, 0.15) is 303 Å². The average molecular weight is 1280 g/mol. The lowest BCUT2D eigenvalue weighted by molar-refractivity contribution is -0.160. The van der Waals surface area contributed by atoms with Gasteiger partial charge in [-0.05, 0) is 169 Å². The molecule has 4 rings (SSSR count). The molecule has 87 heavy (non-hydrogen) atoms. The topological polar surface area (TPSA) is 142 Å². The number of allylic oxidation sites excluding steroid dienone is 4. The van der Waals surface area contributed by atoms with Crippen molar-refractivity contribution in [2.24, 2.45) is 5.92 Å². The second kappa shape index (κ2) is 53.5. The number of carbonyl (C=O) groups is 6. The Kier molecular flexibility index (Phi) is 49.6. The van der Waals surface area contributed by atoms with Crippen LogP contribution in [-0.2, 0) is 44.6 Å². The smallest absolute Gasteiger partial charge is 0.306 e. The first-order chi connectivity index (χ1) is 42.3. The first-order valence-electron chi connectivity index (χ1n) is 35.0. The van der Waals surface area contributed by atoms with Crippen molar-refractivity contribution in [3.8, 4) is 0 Å². The van der Waals surface area contributed by atoms with Gasteiger partial charge in [0.2, 0.25) is 12.3 Å². The predicted octanol–water partition coefficient (Wildman–Crippen LogP) is 19.8. The van der Waals surface area contributed by atoms with Gasteiger partial charge in [-0.2, -0.15) is 0 Å². The molecule has 3 atom stereocenters. The molecular weight excluding hydrogens is 1150 g/mol. The Balaban J connectivity index is 0.00000108. The Labute approximate surface area is 538 Å². The summed E-state index contributed by atoms with van der Waals surface area (Å²) in [6.45, 7) is 20.8. The highest BCUT2D eigenvalue weighted by Crippen LogP contribution is 2.44. The summed E-state index contributed by atoms with van der Waals surface area (Å²) >= 11 is 3.78. The van der Waals surface area contributed by atoms with E-state index in [9.17, 15) is 28.8 Å². The molecule has 3 unspecified atom stereocenters. The van der Waals surface area contributed by atoms with E-state index in [1.54, 1.807) is 11.8 Å². The van der Waals surface area contributed by atoms with Gasteiger partial charge in [0, 0.05) is 63.2 Å². The molecule has 2 aliphatic rings. The van der Waals surface area contributed by atoms with E-state index in [0.29, 0.717) is 43.9 Å². The molecule has 1 aliphatic heterocycles. The zero-order chi connectivity index (χ0) is 64.3. The number of rotatable bonds is 46. The normalized spacial score (nSPS) is 14.1. The van der Waals surface area contributed by atoms with Crippen molar-refractivity contribution < 1.29 is 43.0 Å². The first kappa shape index (κ1) is 80.7. The number of halogens is 1. The molecule has 13 heteroatoms. The summed E-state index contributed by atoms with van der Waals surface area (Å²) < 4.78 is 19.1. The van der Waals surface area contributed by atoms with Crippen LogP contribution in [0.25, 0.3) is 16.5 Å². The molecule has 496 valence electrons. The number of amides is 1. The number of ether oxygens (including phenoxy) is 3. The number of benzene rings is 1. The lowest BCUT2D eigenvalue weighted by atomic mass is 9.82. The van der Waals surface area contributed by atoms with Gasteiger partial charge in [0.1, 0.15) is 18.5 Å². The molecule has 0 saturated heterocycles. The molecular formula is C74H124BrN3O9. The highest BCUT2D eigenvalue weighted by atomic mass is 79.9. The van der Waals surface area contributed by atoms with Crippen molar-refractivity contribution >= 4 is 68.4 Å². The summed E-state index contributed by atoms with van der Waals surface area (Å²) in [7, 11) is 2.17. The number of hydrogen-bond donors (Lipinski definition) is 0. The van der Waals surface area contributed by atoms with Gasteiger partial charge < -0.3 is 23.9 Å². The van der Waals surface area contributed by atoms with Crippen LogP contribution >= 0.6 is 15.9 Å². The van der Waals surface area contributed by atoms with Gasteiger partial charge in [0.05, 0.1) is 16.7 Å². The Hall–Kier alpha value is -4.36. The third kappa shape index (κ3) is 36.8. The summed E-state index contributed by atoms with van der Waals surface area (Å²) in [6, 6.07) is 6.55. The minimum atomic E-state index is -0.512. The molecule has 2 heterocycles. The minimum Gasteiger partial charge on any atom is -0.466 e. The van der Waals surface area contributed by atoms with E-state index in [1.165, 1.54) is 157 Å². The lowest BCUT2D eigenvalue weighted by Crippen LogP contribution is -2.39. The van der Waals surface area contributed by atoms with Gasteiger partial charge in [0.25, 0.3) is 0 Å². The van der Waals surface area contributed by atoms with E-state index in [1.807, 2.05) is 58.2 Å². The van der Waals surface area contributed by atoms with Crippen LogP contribution in [0.2, 0.25) is 0 Å². The molecule has 0 fully saturated rings. The molecule has 2 aromatic rings. The molecule has 0 radical (unpaired) electrons. The van der Waals surface area contributed by atoms with Gasteiger partial charge in [-0.1, -0.05) is 187 Å². The van der Waals surface area contributed by atoms with Crippen molar-refractivity contribution in [1.29, 1.82) is 0 Å². The third-order valence-corrected chi connectivity index (χ3v) is 17.2. The van der Waals surface area contributed by atoms with Crippen LogP contribution in [0.5, 0.6) is 0 Å².